The molecule has 3 N–H and O–H groups in total. The molecular formula is C14H13ClN2O2. The zero-order valence-electron chi connectivity index (χ0n) is 10.3. The number of para-hydroxylation sites is 2. The highest BCUT2D eigenvalue weighted by Crippen LogP contribution is 2.25. The second kappa shape index (κ2) is 5.63. The monoisotopic (exact) mass is 276 g/mol. The van der Waals surface area contributed by atoms with Gasteiger partial charge in [0, 0.05) is 10.7 Å². The number of rotatable bonds is 3. The van der Waals surface area contributed by atoms with E-state index in [9.17, 15) is 4.79 Å². The molecule has 98 valence electrons. The summed E-state index contributed by atoms with van der Waals surface area (Å²) in [5, 5.41) is 3.24. The van der Waals surface area contributed by atoms with Gasteiger partial charge in [-0.2, -0.15) is 0 Å². The maximum atomic E-state index is 12.1. The van der Waals surface area contributed by atoms with Gasteiger partial charge >= 0.3 is 0 Å². The van der Waals surface area contributed by atoms with Gasteiger partial charge in [0.2, 0.25) is 0 Å². The molecule has 19 heavy (non-hydrogen) atoms. The summed E-state index contributed by atoms with van der Waals surface area (Å²) in [6, 6.07) is 11.9. The van der Waals surface area contributed by atoms with E-state index in [0.717, 1.165) is 0 Å². The molecule has 0 spiro atoms. The molecule has 0 atom stereocenters. The third-order valence-electron chi connectivity index (χ3n) is 2.61. The van der Waals surface area contributed by atoms with Crippen molar-refractivity contribution < 1.29 is 9.53 Å². The molecule has 2 aromatic carbocycles. The van der Waals surface area contributed by atoms with Crippen LogP contribution >= 0.6 is 11.6 Å². The normalized spacial score (nSPS) is 10.0. The Balaban J connectivity index is 2.26. The van der Waals surface area contributed by atoms with Gasteiger partial charge in [0.15, 0.2) is 0 Å². The molecule has 2 aromatic rings. The summed E-state index contributed by atoms with van der Waals surface area (Å²) in [6.45, 7) is 0. The standard InChI is InChI=1S/C14H13ClN2O2/c1-19-13-5-3-2-4-12(13)17-14(18)10-7-6-9(15)8-11(10)16/h2-8H,16H2,1H3,(H,17,18). The van der Waals surface area contributed by atoms with E-state index in [4.69, 9.17) is 22.1 Å². The Morgan fingerprint density at radius 1 is 1.26 bits per heavy atom. The number of hydrogen-bond acceptors (Lipinski definition) is 3. The van der Waals surface area contributed by atoms with E-state index in [0.29, 0.717) is 27.7 Å². The Labute approximate surface area is 116 Å². The minimum atomic E-state index is -0.307. The number of nitrogens with two attached hydrogens (primary N) is 1. The molecule has 0 fully saturated rings. The van der Waals surface area contributed by atoms with Gasteiger partial charge in [-0.1, -0.05) is 23.7 Å². The zero-order valence-corrected chi connectivity index (χ0v) is 11.1. The fourth-order valence-corrected chi connectivity index (χ4v) is 1.86. The smallest absolute Gasteiger partial charge is 0.257 e. The topological polar surface area (TPSA) is 64.3 Å². The number of nitrogen functional groups attached to an aromatic ring is 1. The quantitative estimate of drug-likeness (QED) is 0.846. The van der Waals surface area contributed by atoms with Crippen molar-refractivity contribution in [3.05, 3.63) is 53.1 Å². The Kier molecular flexibility index (Phi) is 3.92. The molecule has 4 nitrogen and oxygen atoms in total. The Morgan fingerprint density at radius 3 is 2.68 bits per heavy atom. The van der Waals surface area contributed by atoms with Crippen molar-refractivity contribution in [2.45, 2.75) is 0 Å². The third-order valence-corrected chi connectivity index (χ3v) is 2.85. The third kappa shape index (κ3) is 2.98. The number of carbonyl (C=O) groups is 1. The first-order valence-corrected chi connectivity index (χ1v) is 5.99. The fourth-order valence-electron chi connectivity index (χ4n) is 1.68. The molecule has 2 rings (SSSR count). The minimum Gasteiger partial charge on any atom is -0.495 e. The molecule has 0 saturated heterocycles. The van der Waals surface area contributed by atoms with Crippen LogP contribution in [0.5, 0.6) is 5.75 Å². The van der Waals surface area contributed by atoms with E-state index in [1.807, 2.05) is 12.1 Å². The molecule has 0 aliphatic carbocycles. The number of methoxy groups -OCH3 is 1. The molecule has 0 bridgehead atoms. The molecule has 0 heterocycles. The number of nitrogens with one attached hydrogen (secondary N) is 1. The van der Waals surface area contributed by atoms with Crippen molar-refractivity contribution in [3.8, 4) is 5.75 Å². The summed E-state index contributed by atoms with van der Waals surface area (Å²) in [7, 11) is 1.54. The van der Waals surface area contributed by atoms with Gasteiger partial charge in [0.05, 0.1) is 18.4 Å². The minimum absolute atomic E-state index is 0.307. The highest BCUT2D eigenvalue weighted by molar-refractivity contribution is 6.31. The molecular weight excluding hydrogens is 264 g/mol. The first kappa shape index (κ1) is 13.2. The Morgan fingerprint density at radius 2 is 2.00 bits per heavy atom. The van der Waals surface area contributed by atoms with Gasteiger partial charge in [-0.3, -0.25) is 4.79 Å². The molecule has 0 unspecified atom stereocenters. The number of carbonyl (C=O) groups excluding carboxylic acids is 1. The summed E-state index contributed by atoms with van der Waals surface area (Å²) < 4.78 is 5.16. The van der Waals surface area contributed by atoms with Crippen LogP contribution in [0.2, 0.25) is 5.02 Å². The summed E-state index contributed by atoms with van der Waals surface area (Å²) in [4.78, 5) is 12.1. The summed E-state index contributed by atoms with van der Waals surface area (Å²) in [6.07, 6.45) is 0. The van der Waals surface area contributed by atoms with Crippen LogP contribution in [0.4, 0.5) is 11.4 Å². The lowest BCUT2D eigenvalue weighted by molar-refractivity contribution is 0.102. The van der Waals surface area contributed by atoms with Crippen LogP contribution in [0.1, 0.15) is 10.4 Å². The van der Waals surface area contributed by atoms with Crippen LogP contribution in [0.25, 0.3) is 0 Å². The highest BCUT2D eigenvalue weighted by Gasteiger charge is 2.12. The van der Waals surface area contributed by atoms with Crippen molar-refractivity contribution in [2.24, 2.45) is 0 Å². The van der Waals surface area contributed by atoms with Gasteiger partial charge < -0.3 is 15.8 Å². The number of benzene rings is 2. The van der Waals surface area contributed by atoms with Crippen LogP contribution in [0.3, 0.4) is 0 Å². The predicted octanol–water partition coefficient (Wildman–Crippen LogP) is 3.18. The molecule has 0 aliphatic rings. The number of halogens is 1. The second-order valence-electron chi connectivity index (χ2n) is 3.89. The van der Waals surface area contributed by atoms with Crippen molar-refractivity contribution >= 4 is 28.9 Å². The van der Waals surface area contributed by atoms with Crippen LogP contribution in [-0.2, 0) is 0 Å². The van der Waals surface area contributed by atoms with Crippen molar-refractivity contribution in [3.63, 3.8) is 0 Å². The average Bonchev–Trinajstić information content (AvgIpc) is 2.39. The largest absolute Gasteiger partial charge is 0.495 e. The van der Waals surface area contributed by atoms with Crippen molar-refractivity contribution in [1.29, 1.82) is 0 Å². The van der Waals surface area contributed by atoms with Gasteiger partial charge in [0.1, 0.15) is 5.75 Å². The van der Waals surface area contributed by atoms with Crippen LogP contribution in [0.15, 0.2) is 42.5 Å². The number of ether oxygens (including phenoxy) is 1. The van der Waals surface area contributed by atoms with E-state index in [1.165, 1.54) is 0 Å². The number of hydrogen-bond donors (Lipinski definition) is 2. The maximum absolute atomic E-state index is 12.1. The van der Waals surface area contributed by atoms with Crippen LogP contribution in [-0.4, -0.2) is 13.0 Å². The Bertz CT molecular complexity index is 614. The van der Waals surface area contributed by atoms with E-state index in [1.54, 1.807) is 37.4 Å². The van der Waals surface area contributed by atoms with Crippen molar-refractivity contribution in [2.75, 3.05) is 18.2 Å². The fraction of sp³-hybridized carbons (Fsp3) is 0.0714. The average molecular weight is 277 g/mol. The van der Waals surface area contributed by atoms with Gasteiger partial charge in [-0.25, -0.2) is 0 Å². The summed E-state index contributed by atoms with van der Waals surface area (Å²) in [5.74, 6) is 0.280. The predicted molar refractivity (Wildman–Crippen MR) is 76.8 cm³/mol. The van der Waals surface area contributed by atoms with Crippen molar-refractivity contribution in [1.82, 2.24) is 0 Å². The first-order valence-electron chi connectivity index (χ1n) is 5.61. The van der Waals surface area contributed by atoms with E-state index in [-0.39, 0.29) is 5.91 Å². The molecule has 0 radical (unpaired) electrons. The molecule has 0 saturated carbocycles. The zero-order chi connectivity index (χ0) is 13.8. The molecule has 0 aromatic heterocycles. The number of amides is 1. The van der Waals surface area contributed by atoms with Gasteiger partial charge in [0.25, 0.3) is 5.91 Å². The maximum Gasteiger partial charge on any atom is 0.257 e. The van der Waals surface area contributed by atoms with Gasteiger partial charge in [-0.05, 0) is 30.3 Å². The molecule has 0 aliphatic heterocycles. The van der Waals surface area contributed by atoms with Gasteiger partial charge in [-0.15, -0.1) is 0 Å². The Hall–Kier alpha value is -2.20. The lowest BCUT2D eigenvalue weighted by atomic mass is 10.1. The lowest BCUT2D eigenvalue weighted by Crippen LogP contribution is -2.14. The molecule has 1 amide bonds. The summed E-state index contributed by atoms with van der Waals surface area (Å²) in [5.41, 5.74) is 7.06. The number of anilines is 2. The summed E-state index contributed by atoms with van der Waals surface area (Å²) >= 11 is 5.80. The second-order valence-corrected chi connectivity index (χ2v) is 4.32. The van der Waals surface area contributed by atoms with E-state index in [2.05, 4.69) is 5.32 Å². The van der Waals surface area contributed by atoms with Crippen LogP contribution in [0, 0.1) is 0 Å². The van der Waals surface area contributed by atoms with E-state index >= 15 is 0 Å². The van der Waals surface area contributed by atoms with Crippen LogP contribution < -0.4 is 15.8 Å². The SMILES string of the molecule is COc1ccccc1NC(=O)c1ccc(Cl)cc1N. The highest BCUT2D eigenvalue weighted by atomic mass is 35.5. The first-order chi connectivity index (χ1) is 9.11. The van der Waals surface area contributed by atoms with E-state index < -0.39 is 0 Å². The molecule has 5 heteroatoms. The lowest BCUT2D eigenvalue weighted by Gasteiger charge is -2.11.